The number of benzene rings is 2. The van der Waals surface area contributed by atoms with Gasteiger partial charge in [0.15, 0.2) is 6.61 Å². The quantitative estimate of drug-likeness (QED) is 0.811. The van der Waals surface area contributed by atoms with Gasteiger partial charge in [-0.1, -0.05) is 35.9 Å². The van der Waals surface area contributed by atoms with Gasteiger partial charge in [-0.3, -0.25) is 4.79 Å². The van der Waals surface area contributed by atoms with E-state index >= 15 is 0 Å². The number of carboxylic acids is 1. The van der Waals surface area contributed by atoms with Crippen LogP contribution in [-0.2, 0) is 16.0 Å². The van der Waals surface area contributed by atoms with Crippen molar-refractivity contribution < 1.29 is 19.4 Å². The molecule has 1 atom stereocenters. The van der Waals surface area contributed by atoms with Gasteiger partial charge in [0.2, 0.25) is 5.91 Å². The number of amides is 1. The van der Waals surface area contributed by atoms with Crippen molar-refractivity contribution >= 4 is 11.9 Å². The molecule has 0 aliphatic carbocycles. The molecule has 0 saturated heterocycles. The van der Waals surface area contributed by atoms with Crippen LogP contribution in [0.2, 0.25) is 0 Å². The maximum atomic E-state index is 12.3. The molecule has 0 radical (unpaired) electrons. The third-order valence-corrected chi connectivity index (χ3v) is 3.98. The Labute approximate surface area is 147 Å². The Morgan fingerprint density at radius 2 is 1.80 bits per heavy atom. The maximum Gasteiger partial charge on any atom is 0.341 e. The van der Waals surface area contributed by atoms with E-state index in [1.54, 1.807) is 12.1 Å². The highest BCUT2D eigenvalue weighted by Gasteiger charge is 2.12. The van der Waals surface area contributed by atoms with Crippen LogP contribution in [0.1, 0.15) is 35.2 Å². The molecule has 132 valence electrons. The standard InChI is InChI=1S/C20H23NO4/c1-13-4-5-14(2)17(10-13)11-19(22)21-15(3)16-6-8-18(9-7-16)25-12-20(23)24/h4-10,15H,11-12H2,1-3H3,(H,21,22)(H,23,24). The Bertz CT molecular complexity index is 753. The molecule has 2 N–H and O–H groups in total. The van der Waals surface area contributed by atoms with Crippen LogP contribution < -0.4 is 10.1 Å². The first-order chi connectivity index (χ1) is 11.8. The zero-order valence-electron chi connectivity index (χ0n) is 14.7. The Balaban J connectivity index is 1.94. The lowest BCUT2D eigenvalue weighted by Gasteiger charge is -2.16. The van der Waals surface area contributed by atoms with Crippen LogP contribution >= 0.6 is 0 Å². The molecule has 0 bridgehead atoms. The van der Waals surface area contributed by atoms with Crippen molar-refractivity contribution in [2.24, 2.45) is 0 Å². The van der Waals surface area contributed by atoms with E-state index in [9.17, 15) is 9.59 Å². The molecule has 2 aromatic rings. The zero-order chi connectivity index (χ0) is 18.4. The van der Waals surface area contributed by atoms with Gasteiger partial charge in [0.05, 0.1) is 12.5 Å². The molecule has 5 nitrogen and oxygen atoms in total. The first-order valence-electron chi connectivity index (χ1n) is 8.15. The second-order valence-corrected chi connectivity index (χ2v) is 6.15. The number of aryl methyl sites for hydroxylation is 2. The van der Waals surface area contributed by atoms with Crippen LogP contribution in [0.3, 0.4) is 0 Å². The highest BCUT2D eigenvalue weighted by Crippen LogP contribution is 2.18. The monoisotopic (exact) mass is 341 g/mol. The Morgan fingerprint density at radius 1 is 1.12 bits per heavy atom. The molecule has 2 rings (SSSR count). The summed E-state index contributed by atoms with van der Waals surface area (Å²) in [5.74, 6) is -0.566. The summed E-state index contributed by atoms with van der Waals surface area (Å²) in [6, 6.07) is 13.0. The van der Waals surface area contributed by atoms with Crippen LogP contribution in [0.15, 0.2) is 42.5 Å². The number of nitrogens with one attached hydrogen (secondary N) is 1. The van der Waals surface area contributed by atoms with Gasteiger partial charge >= 0.3 is 5.97 Å². The fourth-order valence-corrected chi connectivity index (χ4v) is 2.54. The van der Waals surface area contributed by atoms with Crippen LogP contribution in [0, 0.1) is 13.8 Å². The summed E-state index contributed by atoms with van der Waals surface area (Å²) >= 11 is 0. The second-order valence-electron chi connectivity index (χ2n) is 6.15. The van der Waals surface area contributed by atoms with Crippen molar-refractivity contribution in [3.63, 3.8) is 0 Å². The molecule has 0 aliphatic rings. The lowest BCUT2D eigenvalue weighted by molar-refractivity contribution is -0.139. The molecule has 0 saturated carbocycles. The van der Waals surface area contributed by atoms with E-state index in [2.05, 4.69) is 5.32 Å². The topological polar surface area (TPSA) is 75.6 Å². The number of ether oxygens (including phenoxy) is 1. The molecular formula is C20H23NO4. The second kappa shape index (κ2) is 8.33. The summed E-state index contributed by atoms with van der Waals surface area (Å²) in [7, 11) is 0. The minimum atomic E-state index is -1.02. The number of carboxylic acid groups (broad SMARTS) is 1. The predicted molar refractivity (Wildman–Crippen MR) is 95.8 cm³/mol. The number of carbonyl (C=O) groups is 2. The minimum Gasteiger partial charge on any atom is -0.482 e. The first kappa shape index (κ1) is 18.5. The predicted octanol–water partition coefficient (Wildman–Crippen LogP) is 3.19. The van der Waals surface area contributed by atoms with Crippen molar-refractivity contribution in [2.45, 2.75) is 33.2 Å². The Kier molecular flexibility index (Phi) is 6.17. The Hall–Kier alpha value is -2.82. The highest BCUT2D eigenvalue weighted by molar-refractivity contribution is 5.79. The van der Waals surface area contributed by atoms with Crippen molar-refractivity contribution in [1.29, 1.82) is 0 Å². The zero-order valence-corrected chi connectivity index (χ0v) is 14.7. The number of hydrogen-bond acceptors (Lipinski definition) is 3. The van der Waals surface area contributed by atoms with E-state index in [1.807, 2.05) is 51.1 Å². The van der Waals surface area contributed by atoms with Gasteiger partial charge in [-0.2, -0.15) is 0 Å². The van der Waals surface area contributed by atoms with Gasteiger partial charge in [0, 0.05) is 0 Å². The summed E-state index contributed by atoms with van der Waals surface area (Å²) in [6.07, 6.45) is 0.345. The normalized spacial score (nSPS) is 11.6. The van der Waals surface area contributed by atoms with E-state index in [1.165, 1.54) is 0 Å². The largest absolute Gasteiger partial charge is 0.482 e. The molecule has 0 aliphatic heterocycles. The van der Waals surface area contributed by atoms with E-state index < -0.39 is 5.97 Å². The lowest BCUT2D eigenvalue weighted by Crippen LogP contribution is -2.28. The highest BCUT2D eigenvalue weighted by atomic mass is 16.5. The SMILES string of the molecule is Cc1ccc(C)c(CC(=O)NC(C)c2ccc(OCC(=O)O)cc2)c1. The maximum absolute atomic E-state index is 12.3. The third-order valence-electron chi connectivity index (χ3n) is 3.98. The smallest absolute Gasteiger partial charge is 0.341 e. The molecular weight excluding hydrogens is 318 g/mol. The fraction of sp³-hybridized carbons (Fsp3) is 0.300. The van der Waals surface area contributed by atoms with E-state index in [0.29, 0.717) is 12.2 Å². The van der Waals surface area contributed by atoms with Gasteiger partial charge in [-0.05, 0) is 49.6 Å². The van der Waals surface area contributed by atoms with Gasteiger partial charge in [-0.15, -0.1) is 0 Å². The van der Waals surface area contributed by atoms with Crippen LogP contribution in [0.25, 0.3) is 0 Å². The van der Waals surface area contributed by atoms with Gasteiger partial charge < -0.3 is 15.2 Å². The summed E-state index contributed by atoms with van der Waals surface area (Å²) in [5.41, 5.74) is 4.20. The minimum absolute atomic E-state index is 0.0348. The van der Waals surface area contributed by atoms with Crippen LogP contribution in [-0.4, -0.2) is 23.6 Å². The van der Waals surface area contributed by atoms with Crippen molar-refractivity contribution in [3.8, 4) is 5.75 Å². The third kappa shape index (κ3) is 5.64. The van der Waals surface area contributed by atoms with Crippen molar-refractivity contribution in [2.75, 3.05) is 6.61 Å². The lowest BCUT2D eigenvalue weighted by atomic mass is 10.0. The molecule has 0 fully saturated rings. The molecule has 25 heavy (non-hydrogen) atoms. The van der Waals surface area contributed by atoms with Crippen LogP contribution in [0.4, 0.5) is 0 Å². The summed E-state index contributed by atoms with van der Waals surface area (Å²) in [6.45, 7) is 5.55. The summed E-state index contributed by atoms with van der Waals surface area (Å²) in [5, 5.41) is 11.6. The number of hydrogen-bond donors (Lipinski definition) is 2. The van der Waals surface area contributed by atoms with Crippen molar-refractivity contribution in [1.82, 2.24) is 5.32 Å². The van der Waals surface area contributed by atoms with E-state index in [4.69, 9.17) is 9.84 Å². The van der Waals surface area contributed by atoms with Gasteiger partial charge in [-0.25, -0.2) is 4.79 Å². The van der Waals surface area contributed by atoms with Crippen molar-refractivity contribution in [3.05, 3.63) is 64.7 Å². The van der Waals surface area contributed by atoms with E-state index in [0.717, 1.165) is 22.3 Å². The average Bonchev–Trinajstić information content (AvgIpc) is 2.56. The number of carbonyl (C=O) groups excluding carboxylic acids is 1. The van der Waals surface area contributed by atoms with E-state index in [-0.39, 0.29) is 18.6 Å². The van der Waals surface area contributed by atoms with Crippen LogP contribution in [0.5, 0.6) is 5.75 Å². The molecule has 1 unspecified atom stereocenters. The van der Waals surface area contributed by atoms with Gasteiger partial charge in [0.25, 0.3) is 0 Å². The summed E-state index contributed by atoms with van der Waals surface area (Å²) < 4.78 is 5.10. The summed E-state index contributed by atoms with van der Waals surface area (Å²) in [4.78, 5) is 22.8. The number of aliphatic carboxylic acids is 1. The average molecular weight is 341 g/mol. The molecule has 0 spiro atoms. The molecule has 1 amide bonds. The molecule has 2 aromatic carbocycles. The fourth-order valence-electron chi connectivity index (χ4n) is 2.54. The molecule has 5 heteroatoms. The Morgan fingerprint density at radius 3 is 2.44 bits per heavy atom. The molecule has 0 heterocycles. The number of rotatable bonds is 7. The first-order valence-corrected chi connectivity index (χ1v) is 8.15. The molecule has 0 aromatic heterocycles. The van der Waals surface area contributed by atoms with Gasteiger partial charge in [0.1, 0.15) is 5.75 Å².